The van der Waals surface area contributed by atoms with E-state index < -0.39 is 0 Å². The zero-order chi connectivity index (χ0) is 14.0. The number of hydrogen-bond donors (Lipinski definition) is 1. The van der Waals surface area contributed by atoms with Crippen LogP contribution >= 0.6 is 15.9 Å². The number of nitrogens with one attached hydrogen (secondary N) is 1. The van der Waals surface area contributed by atoms with E-state index in [4.69, 9.17) is 9.47 Å². The first-order chi connectivity index (χ1) is 9.65. The largest absolute Gasteiger partial charge is 0.382 e. The number of rotatable bonds is 2. The summed E-state index contributed by atoms with van der Waals surface area (Å²) in [6.45, 7) is 4.65. The molecule has 0 amide bonds. The van der Waals surface area contributed by atoms with E-state index in [2.05, 4.69) is 46.4 Å². The zero-order valence-corrected chi connectivity index (χ0v) is 13.5. The Bertz CT molecular complexity index is 446. The predicted octanol–water partition coefficient (Wildman–Crippen LogP) is 3.90. The van der Waals surface area contributed by atoms with E-state index in [-0.39, 0.29) is 5.60 Å². The van der Waals surface area contributed by atoms with Crippen molar-refractivity contribution in [1.29, 1.82) is 0 Å². The van der Waals surface area contributed by atoms with E-state index in [1.165, 1.54) is 11.3 Å². The standard InChI is InChI=1S/C16H22BrNO2/c1-12-8-13(17)10-15(9-12)18-14-2-5-20-16(11-14)3-6-19-7-4-16/h8-10,14,18H,2-7,11H2,1H3. The lowest BCUT2D eigenvalue weighted by atomic mass is 9.84. The minimum atomic E-state index is 0.0508. The van der Waals surface area contributed by atoms with E-state index in [1.807, 2.05) is 0 Å². The first-order valence-electron chi connectivity index (χ1n) is 7.41. The van der Waals surface area contributed by atoms with Crippen LogP contribution in [0.15, 0.2) is 22.7 Å². The van der Waals surface area contributed by atoms with Crippen molar-refractivity contribution in [3.8, 4) is 0 Å². The molecule has 2 aliphatic heterocycles. The smallest absolute Gasteiger partial charge is 0.0745 e. The molecule has 1 aromatic carbocycles. The third-order valence-corrected chi connectivity index (χ3v) is 4.77. The van der Waals surface area contributed by atoms with E-state index >= 15 is 0 Å². The van der Waals surface area contributed by atoms with Gasteiger partial charge in [0.05, 0.1) is 5.60 Å². The molecule has 20 heavy (non-hydrogen) atoms. The van der Waals surface area contributed by atoms with Gasteiger partial charge in [-0.05, 0) is 56.4 Å². The molecule has 0 saturated carbocycles. The van der Waals surface area contributed by atoms with Gasteiger partial charge in [-0.15, -0.1) is 0 Å². The van der Waals surface area contributed by atoms with Crippen molar-refractivity contribution in [2.75, 3.05) is 25.1 Å². The normalized spacial score (nSPS) is 25.6. The van der Waals surface area contributed by atoms with Gasteiger partial charge in [0.25, 0.3) is 0 Å². The molecule has 0 aliphatic carbocycles. The van der Waals surface area contributed by atoms with Crippen LogP contribution in [0.25, 0.3) is 0 Å². The quantitative estimate of drug-likeness (QED) is 0.886. The summed E-state index contributed by atoms with van der Waals surface area (Å²) < 4.78 is 12.7. The Hall–Kier alpha value is -0.580. The molecule has 110 valence electrons. The van der Waals surface area contributed by atoms with Crippen LogP contribution in [0.3, 0.4) is 0 Å². The van der Waals surface area contributed by atoms with E-state index in [0.29, 0.717) is 6.04 Å². The van der Waals surface area contributed by atoms with Crippen molar-refractivity contribution < 1.29 is 9.47 Å². The highest BCUT2D eigenvalue weighted by molar-refractivity contribution is 9.10. The van der Waals surface area contributed by atoms with Crippen LogP contribution < -0.4 is 5.32 Å². The first kappa shape index (κ1) is 14.4. The monoisotopic (exact) mass is 339 g/mol. The van der Waals surface area contributed by atoms with Gasteiger partial charge < -0.3 is 14.8 Å². The van der Waals surface area contributed by atoms with Crippen LogP contribution in [-0.2, 0) is 9.47 Å². The van der Waals surface area contributed by atoms with E-state index in [9.17, 15) is 0 Å². The topological polar surface area (TPSA) is 30.5 Å². The summed E-state index contributed by atoms with van der Waals surface area (Å²) in [6, 6.07) is 6.99. The summed E-state index contributed by atoms with van der Waals surface area (Å²) in [7, 11) is 0. The molecule has 2 heterocycles. The summed E-state index contributed by atoms with van der Waals surface area (Å²) in [5, 5.41) is 3.68. The van der Waals surface area contributed by atoms with Crippen LogP contribution in [0.1, 0.15) is 31.2 Å². The second kappa shape index (κ2) is 6.04. The van der Waals surface area contributed by atoms with Gasteiger partial charge in [-0.25, -0.2) is 0 Å². The summed E-state index contributed by atoms with van der Waals surface area (Å²) in [6.07, 6.45) is 4.22. The molecule has 3 nitrogen and oxygen atoms in total. The maximum Gasteiger partial charge on any atom is 0.0745 e. The Morgan fingerprint density at radius 2 is 2.00 bits per heavy atom. The number of aryl methyl sites for hydroxylation is 1. The molecule has 1 aromatic rings. The van der Waals surface area contributed by atoms with Crippen molar-refractivity contribution in [1.82, 2.24) is 0 Å². The Labute approximate surface area is 129 Å². The Morgan fingerprint density at radius 3 is 2.75 bits per heavy atom. The highest BCUT2D eigenvalue weighted by Gasteiger charge is 2.38. The summed E-state index contributed by atoms with van der Waals surface area (Å²) in [4.78, 5) is 0. The second-order valence-electron chi connectivity index (χ2n) is 6.00. The fourth-order valence-corrected chi connectivity index (χ4v) is 3.91. The number of benzene rings is 1. The molecule has 1 atom stereocenters. The number of ether oxygens (including phenoxy) is 2. The second-order valence-corrected chi connectivity index (χ2v) is 6.91. The molecule has 1 N–H and O–H groups in total. The van der Waals surface area contributed by atoms with Crippen molar-refractivity contribution in [2.24, 2.45) is 0 Å². The summed E-state index contributed by atoms with van der Waals surface area (Å²) in [5.74, 6) is 0. The average molecular weight is 340 g/mol. The fraction of sp³-hybridized carbons (Fsp3) is 0.625. The molecule has 2 aliphatic rings. The third kappa shape index (κ3) is 3.35. The van der Waals surface area contributed by atoms with Gasteiger partial charge in [-0.3, -0.25) is 0 Å². The molecular weight excluding hydrogens is 318 g/mol. The molecule has 0 radical (unpaired) electrons. The van der Waals surface area contributed by atoms with Gasteiger partial charge in [-0.1, -0.05) is 15.9 Å². The lowest BCUT2D eigenvalue weighted by molar-refractivity contribution is -0.135. The number of halogens is 1. The molecule has 1 spiro atoms. The fourth-order valence-electron chi connectivity index (χ4n) is 3.30. The Balaban J connectivity index is 1.67. The molecule has 4 heteroatoms. The molecule has 1 unspecified atom stereocenters. The number of anilines is 1. The third-order valence-electron chi connectivity index (χ3n) is 4.31. The van der Waals surface area contributed by atoms with Crippen LogP contribution in [0.2, 0.25) is 0 Å². The Morgan fingerprint density at radius 1 is 1.20 bits per heavy atom. The van der Waals surface area contributed by atoms with Gasteiger partial charge in [0.2, 0.25) is 0 Å². The van der Waals surface area contributed by atoms with Gasteiger partial charge in [0.15, 0.2) is 0 Å². The SMILES string of the molecule is Cc1cc(Br)cc(NC2CCOC3(CCOCC3)C2)c1. The van der Waals surface area contributed by atoms with Gasteiger partial charge >= 0.3 is 0 Å². The maximum atomic E-state index is 6.09. The van der Waals surface area contributed by atoms with Crippen molar-refractivity contribution >= 4 is 21.6 Å². The van der Waals surface area contributed by atoms with Crippen molar-refractivity contribution in [2.45, 2.75) is 44.2 Å². The first-order valence-corrected chi connectivity index (χ1v) is 8.20. The predicted molar refractivity (Wildman–Crippen MR) is 84.3 cm³/mol. The van der Waals surface area contributed by atoms with Gasteiger partial charge in [-0.2, -0.15) is 0 Å². The molecule has 2 fully saturated rings. The lowest BCUT2D eigenvalue weighted by Gasteiger charge is -2.43. The summed E-state index contributed by atoms with van der Waals surface area (Å²) in [5.41, 5.74) is 2.52. The van der Waals surface area contributed by atoms with Crippen molar-refractivity contribution in [3.63, 3.8) is 0 Å². The highest BCUT2D eigenvalue weighted by atomic mass is 79.9. The van der Waals surface area contributed by atoms with E-state index in [1.54, 1.807) is 0 Å². The Kier molecular flexibility index (Phi) is 4.34. The van der Waals surface area contributed by atoms with Crippen LogP contribution in [0.5, 0.6) is 0 Å². The minimum Gasteiger partial charge on any atom is -0.382 e. The number of hydrogen-bond acceptors (Lipinski definition) is 3. The van der Waals surface area contributed by atoms with Gasteiger partial charge in [0, 0.05) is 36.0 Å². The maximum absolute atomic E-state index is 6.09. The minimum absolute atomic E-state index is 0.0508. The van der Waals surface area contributed by atoms with Crippen LogP contribution in [-0.4, -0.2) is 31.5 Å². The summed E-state index contributed by atoms with van der Waals surface area (Å²) >= 11 is 3.57. The molecule has 3 rings (SSSR count). The van der Waals surface area contributed by atoms with Crippen molar-refractivity contribution in [3.05, 3.63) is 28.2 Å². The van der Waals surface area contributed by atoms with Crippen LogP contribution in [0.4, 0.5) is 5.69 Å². The molecular formula is C16H22BrNO2. The molecule has 2 saturated heterocycles. The lowest BCUT2D eigenvalue weighted by Crippen LogP contribution is -2.47. The van der Waals surface area contributed by atoms with Gasteiger partial charge in [0.1, 0.15) is 0 Å². The molecule has 0 bridgehead atoms. The van der Waals surface area contributed by atoms with Crippen LogP contribution in [0, 0.1) is 6.92 Å². The molecule has 0 aromatic heterocycles. The van der Waals surface area contributed by atoms with E-state index in [0.717, 1.165) is 50.0 Å². The zero-order valence-electron chi connectivity index (χ0n) is 12.0. The average Bonchev–Trinajstić information content (AvgIpc) is 2.38. The highest BCUT2D eigenvalue weighted by Crippen LogP contribution is 2.35.